The largest absolute Gasteiger partial charge is 0.378 e. The Hall–Kier alpha value is -1.60. The summed E-state index contributed by atoms with van der Waals surface area (Å²) in [7, 11) is 0.474. The van der Waals surface area contributed by atoms with Crippen LogP contribution in [-0.4, -0.2) is 52.1 Å². The quantitative estimate of drug-likeness (QED) is 0.785. The van der Waals surface area contributed by atoms with Gasteiger partial charge in [-0.3, -0.25) is 4.79 Å². The lowest BCUT2D eigenvalue weighted by atomic mass is 10.1. The maximum atomic E-state index is 12.1. The Morgan fingerprint density at radius 2 is 1.74 bits per heavy atom. The number of hydrogen-bond donors (Lipinski definition) is 1. The molecule has 0 aliphatic rings. The molecule has 0 radical (unpaired) electrons. The Morgan fingerprint density at radius 3 is 2.17 bits per heavy atom. The number of hydrogen-bond acceptors (Lipinski definition) is 4. The summed E-state index contributed by atoms with van der Waals surface area (Å²) in [5.41, 5.74) is 1.68. The maximum absolute atomic E-state index is 12.1. The second-order valence-corrected chi connectivity index (χ2v) is 8.25. The Morgan fingerprint density at radius 1 is 1.17 bits per heavy atom. The van der Waals surface area contributed by atoms with Crippen LogP contribution in [0.3, 0.4) is 0 Å². The summed E-state index contributed by atoms with van der Waals surface area (Å²) < 4.78 is 24.8. The Kier molecular flexibility index (Phi) is 7.02. The van der Waals surface area contributed by atoms with Gasteiger partial charge < -0.3 is 10.2 Å². The van der Waals surface area contributed by atoms with Crippen molar-refractivity contribution in [3.8, 4) is 0 Å². The van der Waals surface area contributed by atoms with E-state index < -0.39 is 10.0 Å². The minimum Gasteiger partial charge on any atom is -0.378 e. The minimum atomic E-state index is -3.40. The predicted molar refractivity (Wildman–Crippen MR) is 95.3 cm³/mol. The highest BCUT2D eigenvalue weighted by Gasteiger charge is 2.20. The van der Waals surface area contributed by atoms with Crippen molar-refractivity contribution < 1.29 is 13.2 Å². The number of benzene rings is 1. The number of carbonyl (C=O) groups excluding carboxylic acids is 1. The first-order chi connectivity index (χ1) is 10.6. The molecule has 1 N–H and O–H groups in total. The molecule has 23 heavy (non-hydrogen) atoms. The van der Waals surface area contributed by atoms with Gasteiger partial charge >= 0.3 is 0 Å². The molecule has 0 bridgehead atoms. The maximum Gasteiger partial charge on any atom is 0.239 e. The van der Waals surface area contributed by atoms with Crippen molar-refractivity contribution in [2.75, 3.05) is 43.7 Å². The minimum absolute atomic E-state index is 0.166. The molecule has 0 aliphatic carbocycles. The van der Waals surface area contributed by atoms with Gasteiger partial charge in [-0.2, -0.15) is 4.31 Å². The molecule has 7 heteroatoms. The molecule has 0 saturated heterocycles. The first-order valence-corrected chi connectivity index (χ1v) is 9.46. The molecular formula is C16H27N3O3S. The van der Waals surface area contributed by atoms with Crippen molar-refractivity contribution in [2.45, 2.75) is 20.3 Å². The number of nitrogens with one attached hydrogen (secondary N) is 1. The van der Waals surface area contributed by atoms with Crippen LogP contribution in [0.2, 0.25) is 0 Å². The smallest absolute Gasteiger partial charge is 0.239 e. The van der Waals surface area contributed by atoms with Gasteiger partial charge in [-0.1, -0.05) is 13.8 Å². The zero-order valence-corrected chi connectivity index (χ0v) is 15.4. The van der Waals surface area contributed by atoms with Gasteiger partial charge in [-0.05, 0) is 36.6 Å². The van der Waals surface area contributed by atoms with Gasteiger partial charge in [0.05, 0.1) is 12.8 Å². The normalized spacial score (nSPS) is 11.8. The van der Waals surface area contributed by atoms with Crippen LogP contribution in [0.1, 0.15) is 20.3 Å². The first-order valence-electron chi connectivity index (χ1n) is 7.62. The number of anilines is 2. The Labute approximate surface area is 139 Å². The summed E-state index contributed by atoms with van der Waals surface area (Å²) in [6.07, 6.45) is 1.85. The summed E-state index contributed by atoms with van der Waals surface area (Å²) >= 11 is 0. The standard InChI is InChI=1S/C16H27N3O3S/c1-13(2)10-11-19(23(5,21)22)12-16(20)17-14-6-8-15(9-7-14)18(3)4/h6-9,13H,10-12H2,1-5H3,(H,17,20). The second-order valence-electron chi connectivity index (χ2n) is 6.27. The monoisotopic (exact) mass is 341 g/mol. The summed E-state index contributed by atoms with van der Waals surface area (Å²) in [4.78, 5) is 14.1. The molecule has 0 heterocycles. The van der Waals surface area contributed by atoms with Crippen LogP contribution in [0.15, 0.2) is 24.3 Å². The van der Waals surface area contributed by atoms with Crippen LogP contribution in [0.4, 0.5) is 11.4 Å². The molecular weight excluding hydrogens is 314 g/mol. The number of rotatable bonds is 8. The van der Waals surface area contributed by atoms with E-state index in [1.807, 2.05) is 45.0 Å². The highest BCUT2D eigenvalue weighted by Crippen LogP contribution is 2.15. The van der Waals surface area contributed by atoms with Gasteiger partial charge in [0.15, 0.2) is 0 Å². The predicted octanol–water partition coefficient (Wildman–Crippen LogP) is 2.00. The fourth-order valence-corrected chi connectivity index (χ4v) is 2.76. The molecule has 0 fully saturated rings. The Bertz CT molecular complexity index is 610. The molecule has 1 amide bonds. The van der Waals surface area contributed by atoms with E-state index in [-0.39, 0.29) is 12.5 Å². The lowest BCUT2D eigenvalue weighted by molar-refractivity contribution is -0.116. The van der Waals surface area contributed by atoms with Gasteiger partial charge in [-0.15, -0.1) is 0 Å². The molecule has 0 unspecified atom stereocenters. The van der Waals surface area contributed by atoms with Gasteiger partial charge in [0, 0.05) is 32.0 Å². The fraction of sp³-hybridized carbons (Fsp3) is 0.562. The number of amides is 1. The first kappa shape index (κ1) is 19.4. The number of carbonyl (C=O) groups is 1. The van der Waals surface area contributed by atoms with E-state index in [4.69, 9.17) is 0 Å². The average Bonchev–Trinajstić information content (AvgIpc) is 2.42. The van der Waals surface area contributed by atoms with E-state index in [9.17, 15) is 13.2 Å². The lowest BCUT2D eigenvalue weighted by Crippen LogP contribution is -2.38. The molecule has 0 saturated carbocycles. The van der Waals surface area contributed by atoms with Crippen LogP contribution in [0, 0.1) is 5.92 Å². The van der Waals surface area contributed by atoms with Crippen molar-refractivity contribution in [3.05, 3.63) is 24.3 Å². The van der Waals surface area contributed by atoms with Crippen LogP contribution in [0.25, 0.3) is 0 Å². The molecule has 6 nitrogen and oxygen atoms in total. The van der Waals surface area contributed by atoms with E-state index in [0.29, 0.717) is 18.2 Å². The zero-order chi connectivity index (χ0) is 17.6. The second kappa shape index (κ2) is 8.31. The van der Waals surface area contributed by atoms with Gasteiger partial charge in [-0.25, -0.2) is 8.42 Å². The molecule has 0 aromatic heterocycles. The molecule has 0 spiro atoms. The average molecular weight is 341 g/mol. The Balaban J connectivity index is 2.68. The van der Waals surface area contributed by atoms with Gasteiger partial charge in [0.1, 0.15) is 0 Å². The van der Waals surface area contributed by atoms with Crippen molar-refractivity contribution in [1.82, 2.24) is 4.31 Å². The van der Waals surface area contributed by atoms with Gasteiger partial charge in [0.2, 0.25) is 15.9 Å². The van der Waals surface area contributed by atoms with E-state index in [1.165, 1.54) is 4.31 Å². The third-order valence-electron chi connectivity index (χ3n) is 3.41. The molecule has 0 aliphatic heterocycles. The lowest BCUT2D eigenvalue weighted by Gasteiger charge is -2.20. The summed E-state index contributed by atoms with van der Waals surface area (Å²) in [6.45, 7) is 4.23. The topological polar surface area (TPSA) is 69.7 Å². The summed E-state index contributed by atoms with van der Waals surface area (Å²) in [5, 5.41) is 2.73. The van der Waals surface area contributed by atoms with E-state index in [1.54, 1.807) is 12.1 Å². The fourth-order valence-electron chi connectivity index (χ4n) is 1.97. The summed E-state index contributed by atoms with van der Waals surface area (Å²) in [6, 6.07) is 7.38. The zero-order valence-electron chi connectivity index (χ0n) is 14.5. The van der Waals surface area contributed by atoms with Gasteiger partial charge in [0.25, 0.3) is 0 Å². The molecule has 1 aromatic rings. The van der Waals surface area contributed by atoms with E-state index >= 15 is 0 Å². The van der Waals surface area contributed by atoms with Crippen LogP contribution in [0.5, 0.6) is 0 Å². The third kappa shape index (κ3) is 7.00. The van der Waals surface area contributed by atoms with E-state index in [2.05, 4.69) is 5.32 Å². The van der Waals surface area contributed by atoms with Crippen LogP contribution < -0.4 is 10.2 Å². The molecule has 0 atom stereocenters. The highest BCUT2D eigenvalue weighted by atomic mass is 32.2. The summed E-state index contributed by atoms with van der Waals surface area (Å²) in [5.74, 6) is 0.0395. The van der Waals surface area contributed by atoms with E-state index in [0.717, 1.165) is 18.4 Å². The SMILES string of the molecule is CC(C)CCN(CC(=O)Nc1ccc(N(C)C)cc1)S(C)(=O)=O. The molecule has 130 valence electrons. The van der Waals surface area contributed by atoms with Crippen molar-refractivity contribution in [3.63, 3.8) is 0 Å². The van der Waals surface area contributed by atoms with Crippen molar-refractivity contribution in [1.29, 1.82) is 0 Å². The number of sulfonamides is 1. The number of nitrogens with zero attached hydrogens (tertiary/aromatic N) is 2. The van der Waals surface area contributed by atoms with Crippen LogP contribution in [-0.2, 0) is 14.8 Å². The van der Waals surface area contributed by atoms with Crippen molar-refractivity contribution >= 4 is 27.3 Å². The third-order valence-corrected chi connectivity index (χ3v) is 4.66. The molecule has 1 rings (SSSR count). The van der Waals surface area contributed by atoms with Crippen LogP contribution >= 0.6 is 0 Å². The highest BCUT2D eigenvalue weighted by molar-refractivity contribution is 7.88. The van der Waals surface area contributed by atoms with Crippen molar-refractivity contribution in [2.24, 2.45) is 5.92 Å². The molecule has 1 aromatic carbocycles.